The van der Waals surface area contributed by atoms with E-state index in [1.165, 1.54) is 18.4 Å². The molecule has 1 fully saturated rings. The molecule has 0 amide bonds. The zero-order chi connectivity index (χ0) is 15.3. The minimum atomic E-state index is -0.967. The molecular weight excluding hydrogens is 278 g/mol. The molecule has 1 N–H and O–H groups in total. The molecule has 22 heavy (non-hydrogen) atoms. The van der Waals surface area contributed by atoms with Gasteiger partial charge in [-0.1, -0.05) is 6.07 Å². The van der Waals surface area contributed by atoms with E-state index in [9.17, 15) is 9.90 Å². The summed E-state index contributed by atoms with van der Waals surface area (Å²) in [5, 5.41) is 9.96. The summed E-state index contributed by atoms with van der Waals surface area (Å²) in [5.74, 6) is 0.140. The number of aromatic nitrogens is 1. The second-order valence-corrected chi connectivity index (χ2v) is 5.80. The van der Waals surface area contributed by atoms with Crippen molar-refractivity contribution < 1.29 is 14.3 Å². The number of furan rings is 1. The Hall–Kier alpha value is -2.62. The van der Waals surface area contributed by atoms with Crippen molar-refractivity contribution in [3.8, 4) is 11.3 Å². The molecule has 1 aliphatic carbocycles. The van der Waals surface area contributed by atoms with Crippen LogP contribution in [0.25, 0.3) is 22.2 Å². The minimum absolute atomic E-state index is 0.228. The van der Waals surface area contributed by atoms with E-state index in [2.05, 4.69) is 11.1 Å². The number of nitrogens with zero attached hydrogens (tertiary/aromatic N) is 1. The number of carboxylic acid groups (broad SMARTS) is 1. The lowest BCUT2D eigenvalue weighted by Crippen LogP contribution is -1.96. The van der Waals surface area contributed by atoms with E-state index in [-0.39, 0.29) is 5.56 Å². The van der Waals surface area contributed by atoms with Gasteiger partial charge in [-0.15, -0.1) is 0 Å². The first-order chi connectivity index (χ1) is 10.6. The molecule has 0 unspecified atom stereocenters. The molecule has 4 rings (SSSR count). The molecule has 1 saturated carbocycles. The third kappa shape index (κ3) is 2.08. The van der Waals surface area contributed by atoms with Crippen molar-refractivity contribution in [3.63, 3.8) is 0 Å². The highest BCUT2D eigenvalue weighted by Gasteiger charge is 2.23. The summed E-state index contributed by atoms with van der Waals surface area (Å²) in [5.41, 5.74) is 3.86. The van der Waals surface area contributed by atoms with E-state index < -0.39 is 5.97 Å². The van der Waals surface area contributed by atoms with E-state index in [4.69, 9.17) is 4.42 Å². The van der Waals surface area contributed by atoms with Gasteiger partial charge in [-0.05, 0) is 55.5 Å². The van der Waals surface area contributed by atoms with Gasteiger partial charge in [0.1, 0.15) is 16.9 Å². The lowest BCUT2D eigenvalue weighted by molar-refractivity contribution is 0.0697. The van der Waals surface area contributed by atoms with Crippen molar-refractivity contribution in [2.45, 2.75) is 25.7 Å². The van der Waals surface area contributed by atoms with Gasteiger partial charge >= 0.3 is 5.97 Å². The summed E-state index contributed by atoms with van der Waals surface area (Å²) in [6.45, 7) is 1.67. The second kappa shape index (κ2) is 4.70. The van der Waals surface area contributed by atoms with Crippen molar-refractivity contribution >= 4 is 16.9 Å². The maximum Gasteiger partial charge on any atom is 0.339 e. The van der Waals surface area contributed by atoms with Crippen LogP contribution in [0.1, 0.15) is 40.4 Å². The van der Waals surface area contributed by atoms with Gasteiger partial charge in [0.25, 0.3) is 0 Å². The minimum Gasteiger partial charge on any atom is -0.478 e. The third-order valence-corrected chi connectivity index (χ3v) is 4.21. The van der Waals surface area contributed by atoms with E-state index >= 15 is 0 Å². The Balaban J connectivity index is 1.81. The molecule has 0 aliphatic heterocycles. The molecule has 0 bridgehead atoms. The Morgan fingerprint density at radius 3 is 2.73 bits per heavy atom. The lowest BCUT2D eigenvalue weighted by Gasteiger charge is -2.03. The smallest absolute Gasteiger partial charge is 0.339 e. The topological polar surface area (TPSA) is 63.3 Å². The van der Waals surface area contributed by atoms with E-state index in [0.717, 1.165) is 11.3 Å². The SMILES string of the molecule is Cc1oc2ccc(-c3ccc(C4CC4)cn3)cc2c1C(=O)O. The van der Waals surface area contributed by atoms with Crippen LogP contribution in [-0.4, -0.2) is 16.1 Å². The fraction of sp³-hybridized carbons (Fsp3) is 0.222. The number of carbonyl (C=O) groups is 1. The predicted molar refractivity (Wildman–Crippen MR) is 83.1 cm³/mol. The molecule has 1 aliphatic rings. The molecule has 1 aromatic carbocycles. The van der Waals surface area contributed by atoms with Gasteiger partial charge in [0.15, 0.2) is 0 Å². The second-order valence-electron chi connectivity index (χ2n) is 5.80. The molecule has 110 valence electrons. The largest absolute Gasteiger partial charge is 0.478 e. The van der Waals surface area contributed by atoms with Crippen LogP contribution in [-0.2, 0) is 0 Å². The van der Waals surface area contributed by atoms with Crippen LogP contribution in [0.2, 0.25) is 0 Å². The van der Waals surface area contributed by atoms with Crippen LogP contribution >= 0.6 is 0 Å². The summed E-state index contributed by atoms with van der Waals surface area (Å²) in [4.78, 5) is 15.9. The first-order valence-corrected chi connectivity index (χ1v) is 7.36. The monoisotopic (exact) mass is 293 g/mol. The van der Waals surface area contributed by atoms with Crippen molar-refractivity contribution in [3.05, 3.63) is 53.4 Å². The van der Waals surface area contributed by atoms with Gasteiger partial charge in [0, 0.05) is 17.1 Å². The number of aromatic carboxylic acids is 1. The van der Waals surface area contributed by atoms with Crippen molar-refractivity contribution in [1.29, 1.82) is 0 Å². The van der Waals surface area contributed by atoms with E-state index in [0.29, 0.717) is 22.6 Å². The molecule has 2 heterocycles. The van der Waals surface area contributed by atoms with Gasteiger partial charge in [-0.3, -0.25) is 4.98 Å². The zero-order valence-electron chi connectivity index (χ0n) is 12.2. The molecule has 3 aromatic rings. The van der Waals surface area contributed by atoms with Gasteiger partial charge in [-0.25, -0.2) is 4.79 Å². The number of benzene rings is 1. The quantitative estimate of drug-likeness (QED) is 0.778. The number of rotatable bonds is 3. The van der Waals surface area contributed by atoms with Crippen molar-refractivity contribution in [2.75, 3.05) is 0 Å². The molecule has 0 spiro atoms. The molecule has 2 aromatic heterocycles. The average molecular weight is 293 g/mol. The Morgan fingerprint density at radius 2 is 2.09 bits per heavy atom. The summed E-state index contributed by atoms with van der Waals surface area (Å²) < 4.78 is 5.51. The van der Waals surface area contributed by atoms with Crippen LogP contribution in [0.15, 0.2) is 40.9 Å². The van der Waals surface area contributed by atoms with Crippen LogP contribution in [0.4, 0.5) is 0 Å². The lowest BCUT2D eigenvalue weighted by atomic mass is 10.0. The average Bonchev–Trinajstić information content (AvgIpc) is 3.29. The Morgan fingerprint density at radius 1 is 1.27 bits per heavy atom. The Labute approximate surface area is 127 Å². The fourth-order valence-electron chi connectivity index (χ4n) is 2.88. The summed E-state index contributed by atoms with van der Waals surface area (Å²) in [6.07, 6.45) is 4.43. The van der Waals surface area contributed by atoms with Crippen LogP contribution in [0, 0.1) is 6.92 Å². The third-order valence-electron chi connectivity index (χ3n) is 4.21. The van der Waals surface area contributed by atoms with Gasteiger partial charge in [-0.2, -0.15) is 0 Å². The first-order valence-electron chi connectivity index (χ1n) is 7.36. The Kier molecular flexibility index (Phi) is 2.79. The summed E-state index contributed by atoms with van der Waals surface area (Å²) in [7, 11) is 0. The maximum atomic E-state index is 11.4. The van der Waals surface area contributed by atoms with Gasteiger partial charge in [0.05, 0.1) is 5.69 Å². The number of hydrogen-bond donors (Lipinski definition) is 1. The number of fused-ring (bicyclic) bond motifs is 1. The highest BCUT2D eigenvalue weighted by molar-refractivity contribution is 6.04. The summed E-state index contributed by atoms with van der Waals surface area (Å²) in [6, 6.07) is 9.68. The molecule has 0 atom stereocenters. The summed E-state index contributed by atoms with van der Waals surface area (Å²) >= 11 is 0. The molecular formula is C18H15NO3. The van der Waals surface area contributed by atoms with Crippen molar-refractivity contribution in [1.82, 2.24) is 4.98 Å². The zero-order valence-corrected chi connectivity index (χ0v) is 12.2. The van der Waals surface area contributed by atoms with Crippen LogP contribution in [0.5, 0.6) is 0 Å². The predicted octanol–water partition coefficient (Wildman–Crippen LogP) is 4.38. The van der Waals surface area contributed by atoms with Crippen molar-refractivity contribution in [2.24, 2.45) is 0 Å². The van der Waals surface area contributed by atoms with E-state index in [1.54, 1.807) is 13.0 Å². The molecule has 4 heteroatoms. The standard InChI is InChI=1S/C18H15NO3/c1-10-17(18(20)21)14-8-12(5-7-16(14)22-10)15-6-4-13(9-19-15)11-2-3-11/h4-9,11H,2-3H2,1H3,(H,20,21). The maximum absolute atomic E-state index is 11.4. The highest BCUT2D eigenvalue weighted by Crippen LogP contribution is 2.40. The Bertz CT molecular complexity index is 873. The van der Waals surface area contributed by atoms with Crippen LogP contribution < -0.4 is 0 Å². The normalized spacial score (nSPS) is 14.4. The van der Waals surface area contributed by atoms with Gasteiger partial charge in [0.2, 0.25) is 0 Å². The fourth-order valence-corrected chi connectivity index (χ4v) is 2.88. The highest BCUT2D eigenvalue weighted by atomic mass is 16.4. The molecule has 0 radical (unpaired) electrons. The number of pyridine rings is 1. The number of carboxylic acids is 1. The number of aryl methyl sites for hydroxylation is 1. The van der Waals surface area contributed by atoms with E-state index in [1.807, 2.05) is 24.4 Å². The molecule has 4 nitrogen and oxygen atoms in total. The van der Waals surface area contributed by atoms with Crippen LogP contribution in [0.3, 0.4) is 0 Å². The first kappa shape index (κ1) is 13.1. The molecule has 0 saturated heterocycles. The van der Waals surface area contributed by atoms with Gasteiger partial charge < -0.3 is 9.52 Å². The number of hydrogen-bond acceptors (Lipinski definition) is 3.